The van der Waals surface area contributed by atoms with E-state index in [1.165, 1.54) is 24.3 Å². The smallest absolute Gasteiger partial charge is 0.123 e. The maximum Gasteiger partial charge on any atom is 0.123 e. The van der Waals surface area contributed by atoms with Crippen molar-refractivity contribution in [2.45, 2.75) is 6.54 Å². The number of hydrogen-bond donors (Lipinski definition) is 0. The minimum absolute atomic E-state index is 0.242. The molecular formula is C21H15F2N3. The summed E-state index contributed by atoms with van der Waals surface area (Å²) >= 11 is 0. The van der Waals surface area contributed by atoms with Crippen LogP contribution >= 0.6 is 0 Å². The van der Waals surface area contributed by atoms with E-state index in [2.05, 4.69) is 10.3 Å². The second-order valence-electron chi connectivity index (χ2n) is 6.01. The summed E-state index contributed by atoms with van der Waals surface area (Å²) in [6.45, 7) is 0.581. The molecule has 0 bridgehead atoms. The maximum absolute atomic E-state index is 13.0. The molecule has 0 spiro atoms. The van der Waals surface area contributed by atoms with E-state index >= 15 is 0 Å². The van der Waals surface area contributed by atoms with Crippen molar-refractivity contribution in [3.05, 3.63) is 96.2 Å². The summed E-state index contributed by atoms with van der Waals surface area (Å²) in [5.41, 5.74) is 4.60. The van der Waals surface area contributed by atoms with Gasteiger partial charge >= 0.3 is 0 Å². The van der Waals surface area contributed by atoms with Gasteiger partial charge in [0, 0.05) is 5.56 Å². The summed E-state index contributed by atoms with van der Waals surface area (Å²) in [5.74, 6) is -0.518. The average Bonchev–Trinajstić information content (AvgIpc) is 3.12. The van der Waals surface area contributed by atoms with Crippen molar-refractivity contribution in [2.75, 3.05) is 0 Å². The zero-order valence-electron chi connectivity index (χ0n) is 13.8. The summed E-state index contributed by atoms with van der Waals surface area (Å²) in [4.78, 5) is 0. The van der Waals surface area contributed by atoms with Gasteiger partial charge in [0.1, 0.15) is 17.3 Å². The van der Waals surface area contributed by atoms with Crippen molar-refractivity contribution < 1.29 is 8.78 Å². The summed E-state index contributed by atoms with van der Waals surface area (Å²) in [6.07, 6.45) is 1.83. The molecule has 1 aromatic heterocycles. The Labute approximate surface area is 149 Å². The molecule has 0 aliphatic carbocycles. The van der Waals surface area contributed by atoms with Crippen LogP contribution in [0.25, 0.3) is 22.4 Å². The molecule has 0 saturated heterocycles. The lowest BCUT2D eigenvalue weighted by Gasteiger charge is -2.05. The van der Waals surface area contributed by atoms with Gasteiger partial charge in [0.15, 0.2) is 0 Å². The molecule has 1 heterocycles. The maximum atomic E-state index is 13.0. The van der Waals surface area contributed by atoms with E-state index in [1.807, 2.05) is 30.5 Å². The van der Waals surface area contributed by atoms with E-state index in [4.69, 9.17) is 0 Å². The Morgan fingerprint density at radius 1 is 0.654 bits per heavy atom. The van der Waals surface area contributed by atoms with E-state index in [-0.39, 0.29) is 11.6 Å². The standard InChI is InChI=1S/C21H15F2N3/c22-19-9-5-17(6-10-19)16-3-1-15(2-4-16)13-26-14-21(24-25-26)18-7-11-20(23)12-8-18/h1-12,14H,13H2. The minimum Gasteiger partial charge on any atom is -0.247 e. The molecule has 0 N–H and O–H groups in total. The van der Waals surface area contributed by atoms with Crippen molar-refractivity contribution in [1.82, 2.24) is 15.0 Å². The molecule has 0 aliphatic rings. The minimum atomic E-state index is -0.276. The SMILES string of the molecule is Fc1ccc(-c2ccc(Cn3cc(-c4ccc(F)cc4)nn3)cc2)cc1. The molecule has 4 aromatic rings. The van der Waals surface area contributed by atoms with Gasteiger partial charge in [0.2, 0.25) is 0 Å². The van der Waals surface area contributed by atoms with Crippen LogP contribution in [0.5, 0.6) is 0 Å². The number of aromatic nitrogens is 3. The first-order valence-corrected chi connectivity index (χ1v) is 8.18. The van der Waals surface area contributed by atoms with E-state index in [1.54, 1.807) is 28.9 Å². The van der Waals surface area contributed by atoms with Crippen molar-refractivity contribution in [2.24, 2.45) is 0 Å². The molecule has 3 aromatic carbocycles. The monoisotopic (exact) mass is 347 g/mol. The lowest BCUT2D eigenvalue weighted by molar-refractivity contribution is 0.627. The summed E-state index contributed by atoms with van der Waals surface area (Å²) in [7, 11) is 0. The molecule has 0 radical (unpaired) electrons. The van der Waals surface area contributed by atoms with Crippen LogP contribution in [0, 0.1) is 11.6 Å². The Kier molecular flexibility index (Phi) is 4.27. The zero-order chi connectivity index (χ0) is 17.9. The van der Waals surface area contributed by atoms with Gasteiger partial charge in [-0.2, -0.15) is 0 Å². The highest BCUT2D eigenvalue weighted by atomic mass is 19.1. The molecule has 128 valence electrons. The van der Waals surface area contributed by atoms with Gasteiger partial charge in [0.05, 0.1) is 12.7 Å². The molecule has 3 nitrogen and oxygen atoms in total. The van der Waals surface area contributed by atoms with Crippen LogP contribution in [0.3, 0.4) is 0 Å². The van der Waals surface area contributed by atoms with Crippen LogP contribution in [-0.4, -0.2) is 15.0 Å². The molecule has 0 unspecified atom stereocenters. The normalized spacial score (nSPS) is 10.8. The van der Waals surface area contributed by atoms with Crippen LogP contribution < -0.4 is 0 Å². The first-order chi connectivity index (χ1) is 12.7. The summed E-state index contributed by atoms with van der Waals surface area (Å²) in [6, 6.07) is 20.6. The number of rotatable bonds is 4. The molecule has 0 amide bonds. The van der Waals surface area contributed by atoms with E-state index in [0.717, 1.165) is 22.3 Å². The Bertz CT molecular complexity index is 1000. The van der Waals surface area contributed by atoms with E-state index in [0.29, 0.717) is 12.2 Å². The van der Waals surface area contributed by atoms with Gasteiger partial charge in [-0.1, -0.05) is 41.6 Å². The highest BCUT2D eigenvalue weighted by Gasteiger charge is 2.05. The highest BCUT2D eigenvalue weighted by molar-refractivity contribution is 5.63. The molecular weight excluding hydrogens is 332 g/mol. The summed E-state index contributed by atoms with van der Waals surface area (Å²) < 4.78 is 27.8. The second kappa shape index (κ2) is 6.88. The number of hydrogen-bond acceptors (Lipinski definition) is 2. The lowest BCUT2D eigenvalue weighted by Crippen LogP contribution is -2.00. The molecule has 5 heteroatoms. The van der Waals surface area contributed by atoms with Crippen LogP contribution in [0.15, 0.2) is 79.0 Å². The van der Waals surface area contributed by atoms with Crippen LogP contribution in [-0.2, 0) is 6.54 Å². The Morgan fingerprint density at radius 3 is 1.73 bits per heavy atom. The van der Waals surface area contributed by atoms with Crippen LogP contribution in [0.1, 0.15) is 5.56 Å². The van der Waals surface area contributed by atoms with Gasteiger partial charge in [-0.15, -0.1) is 5.10 Å². The molecule has 0 aliphatic heterocycles. The predicted molar refractivity (Wildman–Crippen MR) is 96.4 cm³/mol. The van der Waals surface area contributed by atoms with Gasteiger partial charge in [-0.3, -0.25) is 0 Å². The van der Waals surface area contributed by atoms with Crippen molar-refractivity contribution >= 4 is 0 Å². The first-order valence-electron chi connectivity index (χ1n) is 8.18. The number of halogens is 2. The highest BCUT2D eigenvalue weighted by Crippen LogP contribution is 2.21. The van der Waals surface area contributed by atoms with Gasteiger partial charge < -0.3 is 0 Å². The van der Waals surface area contributed by atoms with Crippen molar-refractivity contribution in [1.29, 1.82) is 0 Å². The Balaban J connectivity index is 1.49. The lowest BCUT2D eigenvalue weighted by atomic mass is 10.0. The third-order valence-corrected chi connectivity index (χ3v) is 4.15. The first kappa shape index (κ1) is 16.1. The summed E-state index contributed by atoms with van der Waals surface area (Å²) in [5, 5.41) is 8.27. The molecule has 4 rings (SSSR count). The fourth-order valence-electron chi connectivity index (χ4n) is 2.76. The Hall–Kier alpha value is -3.34. The second-order valence-corrected chi connectivity index (χ2v) is 6.01. The number of nitrogens with zero attached hydrogens (tertiary/aromatic N) is 3. The third kappa shape index (κ3) is 3.52. The largest absolute Gasteiger partial charge is 0.247 e. The fourth-order valence-corrected chi connectivity index (χ4v) is 2.76. The van der Waals surface area contributed by atoms with Crippen molar-refractivity contribution in [3.63, 3.8) is 0 Å². The molecule has 0 fully saturated rings. The van der Waals surface area contributed by atoms with Crippen LogP contribution in [0.2, 0.25) is 0 Å². The van der Waals surface area contributed by atoms with Gasteiger partial charge in [-0.25, -0.2) is 13.5 Å². The van der Waals surface area contributed by atoms with E-state index < -0.39 is 0 Å². The van der Waals surface area contributed by atoms with E-state index in [9.17, 15) is 8.78 Å². The average molecular weight is 347 g/mol. The number of benzene rings is 3. The quantitative estimate of drug-likeness (QED) is 0.524. The Morgan fingerprint density at radius 2 is 1.15 bits per heavy atom. The molecule has 0 saturated carbocycles. The molecule has 0 atom stereocenters. The topological polar surface area (TPSA) is 30.7 Å². The third-order valence-electron chi connectivity index (χ3n) is 4.15. The van der Waals surface area contributed by atoms with Gasteiger partial charge in [-0.05, 0) is 53.1 Å². The van der Waals surface area contributed by atoms with Crippen molar-refractivity contribution in [3.8, 4) is 22.4 Å². The van der Waals surface area contributed by atoms with Crippen LogP contribution in [0.4, 0.5) is 8.78 Å². The predicted octanol–water partition coefficient (Wildman–Crippen LogP) is 4.94. The molecule has 26 heavy (non-hydrogen) atoms. The fraction of sp³-hybridized carbons (Fsp3) is 0.0476. The van der Waals surface area contributed by atoms with Gasteiger partial charge in [0.25, 0.3) is 0 Å². The zero-order valence-corrected chi connectivity index (χ0v) is 13.8.